The van der Waals surface area contributed by atoms with Crippen molar-refractivity contribution in [3.8, 4) is 11.5 Å². The molecule has 0 radical (unpaired) electrons. The molecule has 5 heteroatoms. The first-order valence-electron chi connectivity index (χ1n) is 4.74. The maximum absolute atomic E-state index is 13.1. The number of methoxy groups -OCH3 is 1. The van der Waals surface area contributed by atoms with Gasteiger partial charge in [-0.05, 0) is 12.5 Å². The first kappa shape index (κ1) is 12.3. The molecule has 4 nitrogen and oxygen atoms in total. The van der Waals surface area contributed by atoms with E-state index in [0.29, 0.717) is 0 Å². The van der Waals surface area contributed by atoms with Crippen LogP contribution in [0.4, 0.5) is 4.39 Å². The summed E-state index contributed by atoms with van der Waals surface area (Å²) in [5.41, 5.74) is 0.228. The number of carboxylic acids is 1. The Morgan fingerprint density at radius 1 is 1.56 bits per heavy atom. The van der Waals surface area contributed by atoms with E-state index in [1.54, 1.807) is 0 Å². The summed E-state index contributed by atoms with van der Waals surface area (Å²) < 4.78 is 17.9. The SMILES string of the molecule is COc1cc(F)cc(CC(C)C(=O)O)c1O. The fourth-order valence-corrected chi connectivity index (χ4v) is 1.36. The fraction of sp³-hybridized carbons (Fsp3) is 0.364. The molecule has 0 heterocycles. The third-order valence-corrected chi connectivity index (χ3v) is 2.29. The van der Waals surface area contributed by atoms with Crippen LogP contribution >= 0.6 is 0 Å². The van der Waals surface area contributed by atoms with Crippen molar-refractivity contribution in [2.45, 2.75) is 13.3 Å². The van der Waals surface area contributed by atoms with Gasteiger partial charge >= 0.3 is 5.97 Å². The highest BCUT2D eigenvalue weighted by Crippen LogP contribution is 2.32. The van der Waals surface area contributed by atoms with Crippen molar-refractivity contribution in [3.63, 3.8) is 0 Å². The molecule has 16 heavy (non-hydrogen) atoms. The average molecular weight is 228 g/mol. The molecule has 0 spiro atoms. The number of aromatic hydroxyl groups is 1. The van der Waals surface area contributed by atoms with Crippen LogP contribution in [-0.2, 0) is 11.2 Å². The Morgan fingerprint density at radius 3 is 2.69 bits per heavy atom. The average Bonchev–Trinajstić information content (AvgIpc) is 2.22. The molecule has 1 rings (SSSR count). The quantitative estimate of drug-likeness (QED) is 0.824. The molecule has 0 bridgehead atoms. The highest BCUT2D eigenvalue weighted by molar-refractivity contribution is 5.70. The molecule has 88 valence electrons. The minimum Gasteiger partial charge on any atom is -0.504 e. The van der Waals surface area contributed by atoms with Gasteiger partial charge in [0.1, 0.15) is 5.82 Å². The predicted octanol–water partition coefficient (Wildman–Crippen LogP) is 1.80. The lowest BCUT2D eigenvalue weighted by molar-refractivity contribution is -0.141. The van der Waals surface area contributed by atoms with Crippen molar-refractivity contribution in [1.29, 1.82) is 0 Å². The van der Waals surface area contributed by atoms with Crippen molar-refractivity contribution in [3.05, 3.63) is 23.5 Å². The number of rotatable bonds is 4. The van der Waals surface area contributed by atoms with Crippen LogP contribution in [0.2, 0.25) is 0 Å². The Bertz CT molecular complexity index is 403. The lowest BCUT2D eigenvalue weighted by atomic mass is 10.00. The van der Waals surface area contributed by atoms with Crippen LogP contribution in [0, 0.1) is 11.7 Å². The summed E-state index contributed by atoms with van der Waals surface area (Å²) >= 11 is 0. The first-order chi connectivity index (χ1) is 7.45. The third-order valence-electron chi connectivity index (χ3n) is 2.29. The number of carbonyl (C=O) groups is 1. The van der Waals surface area contributed by atoms with Crippen molar-refractivity contribution in [2.24, 2.45) is 5.92 Å². The molecule has 0 fully saturated rings. The van der Waals surface area contributed by atoms with E-state index in [4.69, 9.17) is 9.84 Å². The normalized spacial score (nSPS) is 12.2. The predicted molar refractivity (Wildman–Crippen MR) is 55.1 cm³/mol. The summed E-state index contributed by atoms with van der Waals surface area (Å²) in [4.78, 5) is 10.6. The Kier molecular flexibility index (Phi) is 3.71. The number of ether oxygens (including phenoxy) is 1. The van der Waals surface area contributed by atoms with Crippen molar-refractivity contribution in [2.75, 3.05) is 7.11 Å². The molecule has 0 saturated heterocycles. The molecule has 1 unspecified atom stereocenters. The van der Waals surface area contributed by atoms with Gasteiger partial charge in [0.15, 0.2) is 11.5 Å². The number of benzene rings is 1. The van der Waals surface area contributed by atoms with Crippen molar-refractivity contribution >= 4 is 5.97 Å². The van der Waals surface area contributed by atoms with E-state index in [1.807, 2.05) is 0 Å². The van der Waals surface area contributed by atoms with Gasteiger partial charge in [-0.15, -0.1) is 0 Å². The van der Waals surface area contributed by atoms with Gasteiger partial charge in [-0.1, -0.05) is 6.92 Å². The molecule has 1 atom stereocenters. The smallest absolute Gasteiger partial charge is 0.306 e. The lowest BCUT2D eigenvalue weighted by Gasteiger charge is -2.11. The van der Waals surface area contributed by atoms with Crippen LogP contribution in [0.5, 0.6) is 11.5 Å². The summed E-state index contributed by atoms with van der Waals surface area (Å²) in [6.07, 6.45) is 0.0509. The standard InChI is InChI=1S/C11H13FO4/c1-6(11(14)15)3-7-4-8(12)5-9(16-2)10(7)13/h4-6,13H,3H2,1-2H3,(H,14,15). The van der Waals surface area contributed by atoms with Gasteiger partial charge < -0.3 is 14.9 Å². The third kappa shape index (κ3) is 2.62. The van der Waals surface area contributed by atoms with E-state index in [-0.39, 0.29) is 23.5 Å². The number of aliphatic carboxylic acids is 1. The van der Waals surface area contributed by atoms with Gasteiger partial charge in [-0.2, -0.15) is 0 Å². The summed E-state index contributed by atoms with van der Waals surface area (Å²) in [5, 5.41) is 18.4. The molecule has 0 aliphatic carbocycles. The minimum absolute atomic E-state index is 0.00703. The Labute approximate surface area is 92.3 Å². The topological polar surface area (TPSA) is 66.8 Å². The second-order valence-electron chi connectivity index (χ2n) is 3.56. The van der Waals surface area contributed by atoms with Gasteiger partial charge in [0.2, 0.25) is 0 Å². The molecule has 1 aromatic rings. The highest BCUT2D eigenvalue weighted by Gasteiger charge is 2.17. The molecule has 1 aromatic carbocycles. The molecule has 0 aromatic heterocycles. The molecular formula is C11H13FO4. The van der Waals surface area contributed by atoms with Gasteiger partial charge in [-0.25, -0.2) is 4.39 Å². The molecule has 0 aliphatic heterocycles. The van der Waals surface area contributed by atoms with E-state index in [9.17, 15) is 14.3 Å². The molecule has 2 N–H and O–H groups in total. The lowest BCUT2D eigenvalue weighted by Crippen LogP contribution is -2.12. The van der Waals surface area contributed by atoms with Crippen molar-refractivity contribution < 1.29 is 24.1 Å². The van der Waals surface area contributed by atoms with Gasteiger partial charge in [0.25, 0.3) is 0 Å². The first-order valence-corrected chi connectivity index (χ1v) is 4.74. The zero-order chi connectivity index (χ0) is 12.3. The maximum atomic E-state index is 13.1. The van der Waals surface area contributed by atoms with Crippen LogP contribution in [0.1, 0.15) is 12.5 Å². The van der Waals surface area contributed by atoms with Crippen LogP contribution < -0.4 is 4.74 Å². The number of phenolic OH excluding ortho intramolecular Hbond substituents is 1. The number of halogens is 1. The molecular weight excluding hydrogens is 215 g/mol. The minimum atomic E-state index is -0.998. The van der Waals surface area contributed by atoms with E-state index >= 15 is 0 Å². The number of phenols is 1. The second-order valence-corrected chi connectivity index (χ2v) is 3.56. The van der Waals surface area contributed by atoms with Crippen LogP contribution in [0.25, 0.3) is 0 Å². The zero-order valence-corrected chi connectivity index (χ0v) is 9.03. The van der Waals surface area contributed by atoms with Crippen LogP contribution in [0.15, 0.2) is 12.1 Å². The molecule has 0 saturated carbocycles. The Hall–Kier alpha value is -1.78. The monoisotopic (exact) mass is 228 g/mol. The van der Waals surface area contributed by atoms with E-state index < -0.39 is 17.7 Å². The van der Waals surface area contributed by atoms with Crippen LogP contribution in [0.3, 0.4) is 0 Å². The largest absolute Gasteiger partial charge is 0.504 e. The zero-order valence-electron chi connectivity index (χ0n) is 9.03. The summed E-state index contributed by atoms with van der Waals surface area (Å²) in [5.74, 6) is -2.47. The molecule has 0 aliphatic rings. The van der Waals surface area contributed by atoms with Gasteiger partial charge in [0.05, 0.1) is 13.0 Å². The van der Waals surface area contributed by atoms with E-state index in [0.717, 1.165) is 12.1 Å². The Morgan fingerprint density at radius 2 is 2.19 bits per heavy atom. The number of hydrogen-bond donors (Lipinski definition) is 2. The maximum Gasteiger partial charge on any atom is 0.306 e. The van der Waals surface area contributed by atoms with E-state index in [2.05, 4.69) is 0 Å². The number of hydrogen-bond acceptors (Lipinski definition) is 3. The van der Waals surface area contributed by atoms with Crippen LogP contribution in [-0.4, -0.2) is 23.3 Å². The fourth-order valence-electron chi connectivity index (χ4n) is 1.36. The Balaban J connectivity index is 3.04. The summed E-state index contributed by atoms with van der Waals surface area (Å²) in [7, 11) is 1.30. The van der Waals surface area contributed by atoms with Crippen molar-refractivity contribution in [1.82, 2.24) is 0 Å². The summed E-state index contributed by atoms with van der Waals surface area (Å²) in [6.45, 7) is 1.49. The second kappa shape index (κ2) is 4.83. The van der Waals surface area contributed by atoms with E-state index in [1.165, 1.54) is 14.0 Å². The molecule has 0 amide bonds. The van der Waals surface area contributed by atoms with Gasteiger partial charge in [0, 0.05) is 11.6 Å². The summed E-state index contributed by atoms with van der Waals surface area (Å²) in [6, 6.07) is 2.15. The van der Waals surface area contributed by atoms with Gasteiger partial charge in [-0.3, -0.25) is 4.79 Å². The number of carboxylic acid groups (broad SMARTS) is 1. The highest BCUT2D eigenvalue weighted by atomic mass is 19.1.